The zero-order valence-corrected chi connectivity index (χ0v) is 15.2. The molecule has 0 saturated carbocycles. The van der Waals surface area contributed by atoms with Gasteiger partial charge in [-0.1, -0.05) is 30.3 Å². The summed E-state index contributed by atoms with van der Waals surface area (Å²) < 4.78 is 68.1. The Hall–Kier alpha value is -2.39. The van der Waals surface area contributed by atoms with E-state index in [9.17, 15) is 26.4 Å². The first kappa shape index (κ1) is 20.9. The number of hydrogen-bond acceptors (Lipinski definition) is 4. The predicted molar refractivity (Wildman–Crippen MR) is 93.6 cm³/mol. The van der Waals surface area contributed by atoms with E-state index in [1.165, 1.54) is 30.3 Å². The molecule has 0 radical (unpaired) electrons. The van der Waals surface area contributed by atoms with Crippen molar-refractivity contribution in [3.8, 4) is 0 Å². The number of halogens is 3. The fourth-order valence-electron chi connectivity index (χ4n) is 2.34. The molecule has 0 spiro atoms. The van der Waals surface area contributed by atoms with Crippen molar-refractivity contribution in [2.75, 3.05) is 12.8 Å². The third kappa shape index (κ3) is 6.69. The van der Waals surface area contributed by atoms with Crippen molar-refractivity contribution in [2.45, 2.75) is 19.2 Å². The van der Waals surface area contributed by atoms with Gasteiger partial charge in [0.2, 0.25) is 10.0 Å². The van der Waals surface area contributed by atoms with Crippen LogP contribution in [0, 0.1) is 0 Å². The number of benzene rings is 2. The lowest BCUT2D eigenvalue weighted by Crippen LogP contribution is -2.24. The number of carbonyl (C=O) groups excluding carboxylic acids is 1. The van der Waals surface area contributed by atoms with E-state index in [1.807, 2.05) is 0 Å². The molecule has 0 saturated heterocycles. The SMILES string of the molecule is CS(=O)(=O)NCCc1ccc(C(=O)OCc2ccccc2C(F)(F)F)cc1. The van der Waals surface area contributed by atoms with Gasteiger partial charge in [0.05, 0.1) is 17.4 Å². The van der Waals surface area contributed by atoms with Gasteiger partial charge >= 0.3 is 12.1 Å². The van der Waals surface area contributed by atoms with E-state index in [0.717, 1.165) is 17.9 Å². The Balaban J connectivity index is 1.95. The zero-order chi connectivity index (χ0) is 20.1. The van der Waals surface area contributed by atoms with Gasteiger partial charge in [-0.2, -0.15) is 13.2 Å². The number of hydrogen-bond donors (Lipinski definition) is 1. The largest absolute Gasteiger partial charge is 0.457 e. The van der Waals surface area contributed by atoms with Crippen LogP contribution in [0.2, 0.25) is 0 Å². The Kier molecular flexibility index (Phi) is 6.61. The zero-order valence-electron chi connectivity index (χ0n) is 14.4. The van der Waals surface area contributed by atoms with Crippen LogP contribution in [0.15, 0.2) is 48.5 Å². The molecule has 0 aromatic heterocycles. The predicted octanol–water partition coefficient (Wildman–Crippen LogP) is 3.15. The number of nitrogens with one attached hydrogen (secondary N) is 1. The summed E-state index contributed by atoms with van der Waals surface area (Å²) in [7, 11) is -3.27. The highest BCUT2D eigenvalue weighted by Crippen LogP contribution is 2.32. The second-order valence-corrected chi connectivity index (χ2v) is 7.68. The summed E-state index contributed by atoms with van der Waals surface area (Å²) in [6, 6.07) is 11.1. The monoisotopic (exact) mass is 401 g/mol. The minimum atomic E-state index is -4.52. The molecule has 27 heavy (non-hydrogen) atoms. The lowest BCUT2D eigenvalue weighted by molar-refractivity contribution is -0.138. The van der Waals surface area contributed by atoms with Crippen LogP contribution >= 0.6 is 0 Å². The number of esters is 1. The molecule has 0 amide bonds. The summed E-state index contributed by atoms with van der Waals surface area (Å²) in [6.45, 7) is -0.272. The minimum Gasteiger partial charge on any atom is -0.457 e. The lowest BCUT2D eigenvalue weighted by atomic mass is 10.1. The molecule has 0 heterocycles. The number of alkyl halides is 3. The maximum absolute atomic E-state index is 12.9. The molecule has 9 heteroatoms. The van der Waals surface area contributed by atoms with Crippen molar-refractivity contribution in [1.82, 2.24) is 4.72 Å². The molecule has 1 N–H and O–H groups in total. The van der Waals surface area contributed by atoms with E-state index in [1.54, 1.807) is 12.1 Å². The van der Waals surface area contributed by atoms with Crippen molar-refractivity contribution in [2.24, 2.45) is 0 Å². The Bertz CT molecular complexity index is 894. The molecule has 2 aromatic rings. The molecule has 0 aliphatic heterocycles. The molecule has 146 valence electrons. The first-order valence-electron chi connectivity index (χ1n) is 7.92. The third-order valence-corrected chi connectivity index (χ3v) is 4.38. The van der Waals surface area contributed by atoms with Crippen molar-refractivity contribution in [3.05, 3.63) is 70.8 Å². The van der Waals surface area contributed by atoms with E-state index in [4.69, 9.17) is 4.74 Å². The number of sulfonamides is 1. The van der Waals surface area contributed by atoms with Crippen LogP contribution < -0.4 is 4.72 Å². The molecular formula is C18H18F3NO4S. The average molecular weight is 401 g/mol. The van der Waals surface area contributed by atoms with Gasteiger partial charge in [0, 0.05) is 12.1 Å². The normalized spacial score (nSPS) is 12.0. The molecule has 0 atom stereocenters. The van der Waals surface area contributed by atoms with Crippen molar-refractivity contribution in [1.29, 1.82) is 0 Å². The van der Waals surface area contributed by atoms with Gasteiger partial charge in [-0.15, -0.1) is 0 Å². The summed E-state index contributed by atoms with van der Waals surface area (Å²) in [5.74, 6) is -0.743. The molecular weight excluding hydrogens is 383 g/mol. The highest BCUT2D eigenvalue weighted by atomic mass is 32.2. The maximum Gasteiger partial charge on any atom is 0.416 e. The van der Waals surface area contributed by atoms with Gasteiger partial charge < -0.3 is 4.74 Å². The number of rotatable bonds is 7. The van der Waals surface area contributed by atoms with E-state index in [0.29, 0.717) is 6.42 Å². The summed E-state index contributed by atoms with van der Waals surface area (Å²) in [5.41, 5.74) is 0.0257. The third-order valence-electron chi connectivity index (χ3n) is 3.65. The Morgan fingerprint density at radius 2 is 1.70 bits per heavy atom. The number of ether oxygens (including phenoxy) is 1. The van der Waals surface area contributed by atoms with Crippen LogP contribution in [0.5, 0.6) is 0 Å². The van der Waals surface area contributed by atoms with E-state index >= 15 is 0 Å². The topological polar surface area (TPSA) is 72.5 Å². The molecule has 2 aromatic carbocycles. The summed E-state index contributed by atoms with van der Waals surface area (Å²) in [5, 5.41) is 0. The number of carbonyl (C=O) groups is 1. The van der Waals surface area contributed by atoms with Crippen LogP contribution in [0.3, 0.4) is 0 Å². The molecule has 0 fully saturated rings. The molecule has 0 aliphatic rings. The molecule has 0 unspecified atom stereocenters. The smallest absolute Gasteiger partial charge is 0.416 e. The quantitative estimate of drug-likeness (QED) is 0.724. The Morgan fingerprint density at radius 3 is 2.30 bits per heavy atom. The van der Waals surface area contributed by atoms with E-state index in [2.05, 4.69) is 4.72 Å². The highest BCUT2D eigenvalue weighted by molar-refractivity contribution is 7.88. The minimum absolute atomic E-state index is 0.123. The van der Waals surface area contributed by atoms with E-state index < -0.39 is 34.3 Å². The summed E-state index contributed by atoms with van der Waals surface area (Å²) in [4.78, 5) is 12.0. The van der Waals surface area contributed by atoms with Crippen LogP contribution in [0.4, 0.5) is 13.2 Å². The standard InChI is InChI=1S/C18H18F3NO4S/c1-27(24,25)22-11-10-13-6-8-14(9-7-13)17(23)26-12-15-4-2-3-5-16(15)18(19,20)21/h2-9,22H,10-12H2,1H3. The van der Waals surface area contributed by atoms with E-state index in [-0.39, 0.29) is 17.7 Å². The van der Waals surface area contributed by atoms with Gasteiger partial charge in [-0.05, 0) is 30.2 Å². The van der Waals surface area contributed by atoms with Crippen molar-refractivity contribution >= 4 is 16.0 Å². The van der Waals surface area contributed by atoms with Crippen LogP contribution in [-0.4, -0.2) is 27.2 Å². The Labute approximate surface area is 155 Å². The maximum atomic E-state index is 12.9. The molecule has 2 rings (SSSR count). The summed E-state index contributed by atoms with van der Waals surface area (Å²) in [6.07, 6.45) is -3.03. The molecule has 0 bridgehead atoms. The summed E-state index contributed by atoms with van der Waals surface area (Å²) >= 11 is 0. The van der Waals surface area contributed by atoms with Gasteiger partial charge in [0.15, 0.2) is 0 Å². The first-order valence-corrected chi connectivity index (χ1v) is 9.81. The fraction of sp³-hybridized carbons (Fsp3) is 0.278. The fourth-order valence-corrected chi connectivity index (χ4v) is 2.81. The van der Waals surface area contributed by atoms with Crippen molar-refractivity contribution < 1.29 is 31.1 Å². The second-order valence-electron chi connectivity index (χ2n) is 5.84. The Morgan fingerprint density at radius 1 is 1.07 bits per heavy atom. The molecule has 0 aliphatic carbocycles. The lowest BCUT2D eigenvalue weighted by Gasteiger charge is -2.13. The average Bonchev–Trinajstić information content (AvgIpc) is 2.58. The molecule has 5 nitrogen and oxygen atoms in total. The first-order chi connectivity index (χ1) is 12.6. The van der Waals surface area contributed by atoms with Crippen molar-refractivity contribution in [3.63, 3.8) is 0 Å². The van der Waals surface area contributed by atoms with Gasteiger partial charge in [-0.3, -0.25) is 0 Å². The van der Waals surface area contributed by atoms with Gasteiger partial charge in [0.1, 0.15) is 6.61 Å². The van der Waals surface area contributed by atoms with Gasteiger partial charge in [-0.25, -0.2) is 17.9 Å². The van der Waals surface area contributed by atoms with Crippen LogP contribution in [0.1, 0.15) is 27.0 Å². The highest BCUT2D eigenvalue weighted by Gasteiger charge is 2.33. The van der Waals surface area contributed by atoms with Crippen LogP contribution in [0.25, 0.3) is 0 Å². The second kappa shape index (κ2) is 8.53. The van der Waals surface area contributed by atoms with Gasteiger partial charge in [0.25, 0.3) is 0 Å². The van der Waals surface area contributed by atoms with Crippen LogP contribution in [-0.2, 0) is 34.0 Å².